The minimum absolute atomic E-state index is 0.675. The minimum Gasteiger partial charge on any atom is -0.313 e. The van der Waals surface area contributed by atoms with E-state index in [2.05, 4.69) is 25.4 Å². The summed E-state index contributed by atoms with van der Waals surface area (Å²) in [5, 5.41) is 3.39. The first kappa shape index (κ1) is 7.35. The van der Waals surface area contributed by atoms with Gasteiger partial charge >= 0.3 is 0 Å². The molecule has 0 bridgehead atoms. The Morgan fingerprint density at radius 2 is 2.45 bits per heavy atom. The van der Waals surface area contributed by atoms with Gasteiger partial charge in [0.15, 0.2) is 0 Å². The van der Waals surface area contributed by atoms with Crippen LogP contribution in [0.3, 0.4) is 0 Å². The lowest BCUT2D eigenvalue weighted by atomic mass is 9.87. The zero-order valence-corrected chi connectivity index (χ0v) is 7.43. The predicted molar refractivity (Wildman–Crippen MR) is 47.4 cm³/mol. The number of hydrogen-bond donors (Lipinski definition) is 1. The average Bonchev–Trinajstić information content (AvgIpc) is 2.79. The van der Waals surface area contributed by atoms with Crippen molar-refractivity contribution in [2.45, 2.75) is 32.2 Å². The van der Waals surface area contributed by atoms with E-state index in [9.17, 15) is 0 Å². The normalized spacial score (nSPS) is 41.3. The number of likely N-dealkylation sites (N-methyl/N-ethyl adjacent to an activating group) is 1. The van der Waals surface area contributed by atoms with E-state index in [0.717, 1.165) is 11.8 Å². The van der Waals surface area contributed by atoms with E-state index in [-0.39, 0.29) is 0 Å². The van der Waals surface area contributed by atoms with Crippen molar-refractivity contribution >= 4 is 0 Å². The third kappa shape index (κ3) is 1.22. The summed E-state index contributed by atoms with van der Waals surface area (Å²) in [4.78, 5) is 0. The van der Waals surface area contributed by atoms with Gasteiger partial charge in [0, 0.05) is 6.04 Å². The number of hydrogen-bond acceptors (Lipinski definition) is 1. The van der Waals surface area contributed by atoms with Gasteiger partial charge in [-0.05, 0) is 31.7 Å². The number of fused-ring (bicyclic) bond motifs is 1. The molecule has 1 nitrogen and oxygen atoms in total. The molecule has 1 heteroatoms. The summed E-state index contributed by atoms with van der Waals surface area (Å²) in [6, 6.07) is 0.675. The Balaban J connectivity index is 2.07. The molecule has 0 amide bonds. The molecule has 0 aliphatic heterocycles. The van der Waals surface area contributed by atoms with Crippen molar-refractivity contribution in [3.8, 4) is 0 Å². The smallest absolute Gasteiger partial charge is 0.0278 e. The van der Waals surface area contributed by atoms with Crippen molar-refractivity contribution in [3.05, 3.63) is 11.6 Å². The average molecular weight is 151 g/mol. The molecule has 3 atom stereocenters. The monoisotopic (exact) mass is 151 g/mol. The van der Waals surface area contributed by atoms with Crippen LogP contribution in [0.15, 0.2) is 11.6 Å². The molecule has 11 heavy (non-hydrogen) atoms. The van der Waals surface area contributed by atoms with Crippen LogP contribution in [0.25, 0.3) is 0 Å². The second kappa shape index (κ2) is 2.63. The zero-order valence-electron chi connectivity index (χ0n) is 7.43. The third-order valence-electron chi connectivity index (χ3n) is 3.19. The van der Waals surface area contributed by atoms with Gasteiger partial charge in [0.1, 0.15) is 0 Å². The van der Waals surface area contributed by atoms with Gasteiger partial charge in [-0.15, -0.1) is 0 Å². The van der Waals surface area contributed by atoms with Gasteiger partial charge in [-0.3, -0.25) is 0 Å². The summed E-state index contributed by atoms with van der Waals surface area (Å²) < 4.78 is 0. The predicted octanol–water partition coefficient (Wildman–Crippen LogP) is 1.95. The Morgan fingerprint density at radius 3 is 3.09 bits per heavy atom. The van der Waals surface area contributed by atoms with Crippen LogP contribution in [-0.2, 0) is 0 Å². The summed E-state index contributed by atoms with van der Waals surface area (Å²) in [7, 11) is 2.08. The van der Waals surface area contributed by atoms with Crippen LogP contribution < -0.4 is 5.32 Å². The van der Waals surface area contributed by atoms with E-state index in [1.807, 2.05) is 0 Å². The molecule has 62 valence electrons. The maximum atomic E-state index is 3.39. The molecule has 2 aliphatic rings. The SMILES string of the molecule is CCC1CC2CC2=CC1NC. The van der Waals surface area contributed by atoms with Crippen molar-refractivity contribution in [1.29, 1.82) is 0 Å². The van der Waals surface area contributed by atoms with E-state index >= 15 is 0 Å². The highest BCUT2D eigenvalue weighted by Gasteiger charge is 2.38. The summed E-state index contributed by atoms with van der Waals surface area (Å²) in [6.45, 7) is 2.30. The summed E-state index contributed by atoms with van der Waals surface area (Å²) in [6.07, 6.45) is 6.62. The maximum Gasteiger partial charge on any atom is 0.0278 e. The second-order valence-electron chi connectivity index (χ2n) is 3.86. The molecule has 0 aromatic rings. The highest BCUT2D eigenvalue weighted by molar-refractivity contribution is 5.29. The molecule has 3 unspecified atom stereocenters. The quantitative estimate of drug-likeness (QED) is 0.595. The standard InChI is InChI=1S/C10H17N/c1-3-7-4-8-5-9(8)6-10(7)11-2/h6-8,10-11H,3-5H2,1-2H3. The number of allylic oxidation sites excluding steroid dienone is 1. The Morgan fingerprint density at radius 1 is 1.64 bits per heavy atom. The van der Waals surface area contributed by atoms with Crippen molar-refractivity contribution < 1.29 is 0 Å². The summed E-state index contributed by atoms with van der Waals surface area (Å²) >= 11 is 0. The molecular weight excluding hydrogens is 134 g/mol. The molecule has 2 rings (SSSR count). The van der Waals surface area contributed by atoms with Gasteiger partial charge in [0.2, 0.25) is 0 Å². The molecule has 0 spiro atoms. The Bertz CT molecular complexity index is 183. The van der Waals surface area contributed by atoms with Crippen molar-refractivity contribution in [2.24, 2.45) is 11.8 Å². The molecule has 0 saturated heterocycles. The van der Waals surface area contributed by atoms with E-state index in [1.165, 1.54) is 19.3 Å². The Labute approximate surface area is 68.9 Å². The lowest BCUT2D eigenvalue weighted by Gasteiger charge is -2.25. The van der Waals surface area contributed by atoms with Crippen LogP contribution in [0.4, 0.5) is 0 Å². The van der Waals surface area contributed by atoms with Gasteiger partial charge in [0.25, 0.3) is 0 Å². The fourth-order valence-corrected chi connectivity index (χ4v) is 2.28. The van der Waals surface area contributed by atoms with Crippen LogP contribution in [0.2, 0.25) is 0 Å². The van der Waals surface area contributed by atoms with Gasteiger partial charge in [-0.25, -0.2) is 0 Å². The topological polar surface area (TPSA) is 12.0 Å². The van der Waals surface area contributed by atoms with Crippen LogP contribution >= 0.6 is 0 Å². The molecule has 1 fully saturated rings. The molecule has 2 aliphatic carbocycles. The molecule has 1 saturated carbocycles. The maximum absolute atomic E-state index is 3.39. The molecule has 0 aromatic heterocycles. The third-order valence-corrected chi connectivity index (χ3v) is 3.19. The molecule has 0 radical (unpaired) electrons. The minimum atomic E-state index is 0.675. The molecule has 0 heterocycles. The van der Waals surface area contributed by atoms with E-state index < -0.39 is 0 Å². The highest BCUT2D eigenvalue weighted by Crippen LogP contribution is 2.47. The molecule has 0 aromatic carbocycles. The highest BCUT2D eigenvalue weighted by atomic mass is 14.9. The molecule has 1 N–H and O–H groups in total. The van der Waals surface area contributed by atoms with Crippen LogP contribution in [0.5, 0.6) is 0 Å². The van der Waals surface area contributed by atoms with Crippen LogP contribution in [0, 0.1) is 11.8 Å². The number of rotatable bonds is 2. The summed E-state index contributed by atoms with van der Waals surface area (Å²) in [5.41, 5.74) is 1.72. The van der Waals surface area contributed by atoms with Crippen LogP contribution in [0.1, 0.15) is 26.2 Å². The first-order chi connectivity index (χ1) is 5.35. The second-order valence-corrected chi connectivity index (χ2v) is 3.86. The summed E-state index contributed by atoms with van der Waals surface area (Å²) in [5.74, 6) is 1.89. The Kier molecular flexibility index (Phi) is 1.76. The zero-order chi connectivity index (χ0) is 7.84. The largest absolute Gasteiger partial charge is 0.313 e. The lowest BCUT2D eigenvalue weighted by molar-refractivity contribution is 0.363. The van der Waals surface area contributed by atoms with Crippen molar-refractivity contribution in [3.63, 3.8) is 0 Å². The lowest BCUT2D eigenvalue weighted by Crippen LogP contribution is -2.33. The van der Waals surface area contributed by atoms with Gasteiger partial charge in [-0.1, -0.05) is 25.0 Å². The fourth-order valence-electron chi connectivity index (χ4n) is 2.28. The van der Waals surface area contributed by atoms with E-state index in [0.29, 0.717) is 6.04 Å². The van der Waals surface area contributed by atoms with E-state index in [1.54, 1.807) is 5.57 Å². The van der Waals surface area contributed by atoms with Gasteiger partial charge in [-0.2, -0.15) is 0 Å². The van der Waals surface area contributed by atoms with E-state index in [4.69, 9.17) is 0 Å². The number of nitrogens with one attached hydrogen (secondary N) is 1. The van der Waals surface area contributed by atoms with Gasteiger partial charge in [0.05, 0.1) is 0 Å². The molecular formula is C10H17N. The van der Waals surface area contributed by atoms with Crippen molar-refractivity contribution in [1.82, 2.24) is 5.32 Å². The van der Waals surface area contributed by atoms with Gasteiger partial charge < -0.3 is 5.32 Å². The first-order valence-corrected chi connectivity index (χ1v) is 4.73. The van der Waals surface area contributed by atoms with Crippen molar-refractivity contribution in [2.75, 3.05) is 7.05 Å². The first-order valence-electron chi connectivity index (χ1n) is 4.73. The fraction of sp³-hybridized carbons (Fsp3) is 0.800. The van der Waals surface area contributed by atoms with Crippen LogP contribution in [-0.4, -0.2) is 13.1 Å². The Hall–Kier alpha value is -0.300.